The number of pyridine rings is 1. The van der Waals surface area contributed by atoms with Gasteiger partial charge in [0.25, 0.3) is 5.91 Å². The van der Waals surface area contributed by atoms with E-state index in [1.807, 2.05) is 24.3 Å². The average molecular weight is 497 g/mol. The number of ether oxygens (including phenoxy) is 1. The molecule has 8 nitrogen and oxygen atoms in total. The number of aromatic nitrogens is 4. The van der Waals surface area contributed by atoms with Crippen LogP contribution in [0.15, 0.2) is 73.4 Å². The zero-order valence-corrected chi connectivity index (χ0v) is 20.2. The molecule has 1 fully saturated rings. The Bertz CT molecular complexity index is 1590. The quantitative estimate of drug-likeness (QED) is 0.386. The first kappa shape index (κ1) is 22.9. The molecule has 1 amide bonds. The van der Waals surface area contributed by atoms with E-state index in [-0.39, 0.29) is 17.4 Å². The van der Waals surface area contributed by atoms with Crippen LogP contribution in [0.4, 0.5) is 10.2 Å². The number of hydrogen-bond acceptors (Lipinski definition) is 6. The van der Waals surface area contributed by atoms with Crippen molar-refractivity contribution in [3.05, 3.63) is 96.0 Å². The lowest BCUT2D eigenvalue weighted by atomic mass is 10.0. The molecule has 5 aromatic rings. The maximum atomic E-state index is 14.9. The van der Waals surface area contributed by atoms with Crippen LogP contribution in [0.3, 0.4) is 0 Å². The van der Waals surface area contributed by atoms with Crippen molar-refractivity contribution in [2.24, 2.45) is 0 Å². The van der Waals surface area contributed by atoms with Crippen LogP contribution in [-0.2, 0) is 0 Å². The Morgan fingerprint density at radius 1 is 1.11 bits per heavy atom. The second-order valence-electron chi connectivity index (χ2n) is 9.31. The molecule has 2 N–H and O–H groups in total. The number of likely N-dealkylation sites (N-methyl/N-ethyl adjacent to an activating group) is 1. The predicted octanol–water partition coefficient (Wildman–Crippen LogP) is 4.77. The van der Waals surface area contributed by atoms with Crippen LogP contribution in [-0.4, -0.2) is 43.8 Å². The van der Waals surface area contributed by atoms with E-state index < -0.39 is 11.7 Å². The minimum Gasteiger partial charge on any atom is -0.491 e. The van der Waals surface area contributed by atoms with Crippen LogP contribution in [0.5, 0.6) is 5.75 Å². The number of halogens is 1. The summed E-state index contributed by atoms with van der Waals surface area (Å²) < 4.78 is 22.5. The number of anilines is 1. The molecule has 0 saturated heterocycles. The molecule has 1 aliphatic carbocycles. The Morgan fingerprint density at radius 3 is 2.62 bits per heavy atom. The molecule has 0 spiro atoms. The SMILES string of the molecule is CN(C(=O)c1cc2c(cc1F)nc(N)c1cncn12)C1COc2cc(C3CC3)ccc21.c1ccncc1. The number of amides is 1. The summed E-state index contributed by atoms with van der Waals surface area (Å²) >= 11 is 0. The van der Waals surface area contributed by atoms with Crippen molar-refractivity contribution in [2.75, 3.05) is 19.4 Å². The molecule has 186 valence electrons. The molecular formula is C28H25FN6O2. The second kappa shape index (κ2) is 9.16. The fourth-order valence-corrected chi connectivity index (χ4v) is 4.71. The van der Waals surface area contributed by atoms with Gasteiger partial charge in [0.1, 0.15) is 29.5 Å². The van der Waals surface area contributed by atoms with E-state index in [2.05, 4.69) is 27.1 Å². The number of nitrogen functional groups attached to an aromatic ring is 1. The van der Waals surface area contributed by atoms with Crippen LogP contribution in [0.25, 0.3) is 16.6 Å². The van der Waals surface area contributed by atoms with Gasteiger partial charge in [0, 0.05) is 31.1 Å². The fourth-order valence-electron chi connectivity index (χ4n) is 4.71. The van der Waals surface area contributed by atoms with Crippen molar-refractivity contribution in [3.63, 3.8) is 0 Å². The Balaban J connectivity index is 0.000000372. The van der Waals surface area contributed by atoms with Crippen molar-refractivity contribution >= 4 is 28.3 Å². The number of nitrogens with two attached hydrogens (primary N) is 1. The summed E-state index contributed by atoms with van der Waals surface area (Å²) in [6.07, 6.45) is 9.09. The highest BCUT2D eigenvalue weighted by molar-refractivity contribution is 5.98. The maximum Gasteiger partial charge on any atom is 0.257 e. The van der Waals surface area contributed by atoms with Crippen LogP contribution in [0, 0.1) is 5.82 Å². The Morgan fingerprint density at radius 2 is 1.92 bits per heavy atom. The van der Waals surface area contributed by atoms with Gasteiger partial charge >= 0.3 is 0 Å². The molecule has 7 rings (SSSR count). The first-order valence-corrected chi connectivity index (χ1v) is 12.1. The molecule has 1 aliphatic heterocycles. The molecule has 1 atom stereocenters. The van der Waals surface area contributed by atoms with Gasteiger partial charge in [-0.05, 0) is 48.6 Å². The van der Waals surface area contributed by atoms with Gasteiger partial charge in [-0.3, -0.25) is 14.2 Å². The van der Waals surface area contributed by atoms with E-state index in [0.717, 1.165) is 11.3 Å². The molecule has 0 bridgehead atoms. The van der Waals surface area contributed by atoms with Crippen molar-refractivity contribution in [3.8, 4) is 5.75 Å². The number of benzene rings is 2. The van der Waals surface area contributed by atoms with Crippen LogP contribution in [0.2, 0.25) is 0 Å². The average Bonchev–Trinajstić information content (AvgIpc) is 3.49. The molecule has 1 unspecified atom stereocenters. The van der Waals surface area contributed by atoms with Crippen LogP contribution >= 0.6 is 0 Å². The van der Waals surface area contributed by atoms with E-state index in [4.69, 9.17) is 10.5 Å². The second-order valence-corrected chi connectivity index (χ2v) is 9.31. The summed E-state index contributed by atoms with van der Waals surface area (Å²) in [7, 11) is 1.68. The van der Waals surface area contributed by atoms with Gasteiger partial charge in [0.15, 0.2) is 0 Å². The minimum atomic E-state index is -0.640. The highest BCUT2D eigenvalue weighted by atomic mass is 19.1. The van der Waals surface area contributed by atoms with Crippen LogP contribution < -0.4 is 10.5 Å². The molecule has 37 heavy (non-hydrogen) atoms. The molecule has 4 heterocycles. The first-order valence-electron chi connectivity index (χ1n) is 12.1. The number of rotatable bonds is 3. The monoisotopic (exact) mass is 496 g/mol. The lowest BCUT2D eigenvalue weighted by Crippen LogP contribution is -2.32. The van der Waals surface area contributed by atoms with Crippen molar-refractivity contribution in [1.82, 2.24) is 24.3 Å². The van der Waals surface area contributed by atoms with Gasteiger partial charge in [0.05, 0.1) is 35.2 Å². The molecular weight excluding hydrogens is 471 g/mol. The summed E-state index contributed by atoms with van der Waals surface area (Å²) in [5.41, 5.74) is 9.68. The highest BCUT2D eigenvalue weighted by Gasteiger charge is 2.33. The lowest BCUT2D eigenvalue weighted by Gasteiger charge is -2.24. The molecule has 2 aromatic carbocycles. The fraction of sp³-hybridized carbons (Fsp3) is 0.214. The number of nitrogens with zero attached hydrogens (tertiary/aromatic N) is 5. The van der Waals surface area contributed by atoms with Crippen LogP contribution in [0.1, 0.15) is 46.3 Å². The number of imidazole rings is 1. The summed E-state index contributed by atoms with van der Waals surface area (Å²) in [6, 6.07) is 14.4. The zero-order chi connectivity index (χ0) is 25.5. The summed E-state index contributed by atoms with van der Waals surface area (Å²) in [5, 5.41) is 0. The summed E-state index contributed by atoms with van der Waals surface area (Å²) in [5.74, 6) is 0.636. The van der Waals surface area contributed by atoms with Crippen molar-refractivity contribution in [1.29, 1.82) is 0 Å². The van der Waals surface area contributed by atoms with Gasteiger partial charge in [0.2, 0.25) is 0 Å². The first-order chi connectivity index (χ1) is 18.0. The number of carbonyl (C=O) groups excluding carboxylic acids is 1. The summed E-state index contributed by atoms with van der Waals surface area (Å²) in [4.78, 5) is 27.0. The van der Waals surface area contributed by atoms with E-state index >= 15 is 0 Å². The zero-order valence-electron chi connectivity index (χ0n) is 20.2. The van der Waals surface area contributed by atoms with Gasteiger partial charge in [-0.15, -0.1) is 0 Å². The standard InChI is InChI=1S/C23H20FN5O2.C5H5N/c1-28(20-10-31-21-6-13(12-2-3-12)4-5-14(20)21)23(30)15-7-18-17(8-16(15)24)27-22(25)19-9-26-11-29(18)19;1-2-4-6-5-3-1/h4-9,11-12,20H,2-3,10H2,1H3,(H2,25,27);1-5H. The van der Waals surface area contributed by atoms with E-state index in [9.17, 15) is 9.18 Å². The smallest absolute Gasteiger partial charge is 0.257 e. The van der Waals surface area contributed by atoms with Gasteiger partial charge in [-0.2, -0.15) is 0 Å². The molecule has 3 aromatic heterocycles. The number of fused-ring (bicyclic) bond motifs is 4. The van der Waals surface area contributed by atoms with Gasteiger partial charge in [-0.25, -0.2) is 14.4 Å². The van der Waals surface area contributed by atoms with Crippen molar-refractivity contribution in [2.45, 2.75) is 24.8 Å². The van der Waals surface area contributed by atoms with E-state index in [0.29, 0.717) is 29.1 Å². The third kappa shape index (κ3) is 4.22. The number of hydrogen-bond donors (Lipinski definition) is 1. The summed E-state index contributed by atoms with van der Waals surface area (Å²) in [6.45, 7) is 0.352. The van der Waals surface area contributed by atoms with Crippen molar-refractivity contribution < 1.29 is 13.9 Å². The Hall–Kier alpha value is -4.53. The van der Waals surface area contributed by atoms with Gasteiger partial charge in [-0.1, -0.05) is 18.2 Å². The topological polar surface area (TPSA) is 98.6 Å². The van der Waals surface area contributed by atoms with E-state index in [1.54, 1.807) is 41.3 Å². The Labute approximate surface area is 212 Å². The van der Waals surface area contributed by atoms with Gasteiger partial charge < -0.3 is 15.4 Å². The highest BCUT2D eigenvalue weighted by Crippen LogP contribution is 2.44. The molecule has 2 aliphatic rings. The van der Waals surface area contributed by atoms with E-state index in [1.165, 1.54) is 30.5 Å². The molecule has 0 radical (unpaired) electrons. The number of carbonyl (C=O) groups is 1. The normalized spacial score (nSPS) is 16.1. The molecule has 9 heteroatoms. The Kier molecular flexibility index (Phi) is 5.67. The maximum absolute atomic E-state index is 14.9. The minimum absolute atomic E-state index is 0.0281. The molecule has 1 saturated carbocycles. The third-order valence-corrected chi connectivity index (χ3v) is 6.89. The predicted molar refractivity (Wildman–Crippen MR) is 138 cm³/mol. The lowest BCUT2D eigenvalue weighted by molar-refractivity contribution is 0.0704. The third-order valence-electron chi connectivity index (χ3n) is 6.89. The largest absolute Gasteiger partial charge is 0.491 e.